The molecule has 2 aromatic heterocycles. The quantitative estimate of drug-likeness (QED) is 0.116. The van der Waals surface area contributed by atoms with Gasteiger partial charge in [-0.25, -0.2) is 4.68 Å². The zero-order valence-corrected chi connectivity index (χ0v) is 30.1. The zero-order valence-electron chi connectivity index (χ0n) is 29.4. The summed E-state index contributed by atoms with van der Waals surface area (Å²) in [5.74, 6) is 4.05. The molecule has 4 heterocycles. The molecule has 1 aliphatic carbocycles. The summed E-state index contributed by atoms with van der Waals surface area (Å²) in [7, 11) is 0. The maximum atomic E-state index is 9.48. The molecular weight excluding hydrogens is 650 g/mol. The van der Waals surface area contributed by atoms with Gasteiger partial charge in [-0.15, -0.1) is 6.42 Å². The van der Waals surface area contributed by atoms with Crippen molar-refractivity contribution in [1.82, 2.24) is 19.7 Å². The molecule has 0 saturated carbocycles. The van der Waals surface area contributed by atoms with Crippen LogP contribution in [0.2, 0.25) is 5.28 Å². The lowest BCUT2D eigenvalue weighted by molar-refractivity contribution is -0.0262. The van der Waals surface area contributed by atoms with Gasteiger partial charge in [-0.1, -0.05) is 39.7 Å². The van der Waals surface area contributed by atoms with Gasteiger partial charge in [-0.05, 0) is 60.5 Å². The van der Waals surface area contributed by atoms with E-state index in [1.165, 1.54) is 11.1 Å². The molecule has 1 spiro atoms. The van der Waals surface area contributed by atoms with Crippen molar-refractivity contribution in [3.8, 4) is 18.1 Å². The first-order chi connectivity index (χ1) is 24.1. The molecule has 3 aliphatic rings. The van der Waals surface area contributed by atoms with Crippen LogP contribution in [0.5, 0.6) is 5.75 Å². The van der Waals surface area contributed by atoms with Gasteiger partial charge < -0.3 is 38.4 Å². The topological polar surface area (TPSA) is 122 Å². The number of hydrogen-bond acceptors (Lipinski definition) is 11. The van der Waals surface area contributed by atoms with E-state index < -0.39 is 0 Å². The summed E-state index contributed by atoms with van der Waals surface area (Å²) in [6, 6.07) is 6.42. The summed E-state index contributed by atoms with van der Waals surface area (Å²) < 4.78 is 35.5. The number of aryl methyl sites for hydroxylation is 1. The number of ether oxygens (including phenoxy) is 6. The number of rotatable bonds is 17. The third-order valence-electron chi connectivity index (χ3n) is 8.58. The van der Waals surface area contributed by atoms with E-state index in [0.717, 1.165) is 55.7 Å². The van der Waals surface area contributed by atoms with Crippen molar-refractivity contribution < 1.29 is 33.5 Å². The second kappa shape index (κ2) is 20.0. The highest BCUT2D eigenvalue weighted by atomic mass is 35.5. The number of terminal acetylenes is 1. The standard InChI is InChI=1S/C32H40ClN5O7.2C2H6/c1-2-9-40-10-11-41-12-13-42-14-15-43-16-17-44-24-4-3-23-7-8-32(27(23)18-24)21-37(22-32)29-26-19-34-38(30(26)36-31(33)35-29)28-6-5-25(20-39)45-28;2*1-2/h1,3-4,18-19,25,28,39H,5-17,20-22H2;2*1-2H3. The van der Waals surface area contributed by atoms with E-state index in [1.54, 1.807) is 10.9 Å². The molecule has 1 aromatic carbocycles. The number of fused-ring (bicyclic) bond motifs is 3. The number of aromatic nitrogens is 4. The lowest BCUT2D eigenvalue weighted by atomic mass is 9.74. The molecule has 3 aromatic rings. The van der Waals surface area contributed by atoms with Gasteiger partial charge in [0.05, 0.1) is 70.5 Å². The van der Waals surface area contributed by atoms with Crippen LogP contribution in [0.25, 0.3) is 11.0 Å². The average molecular weight is 702 g/mol. The van der Waals surface area contributed by atoms with Gasteiger partial charge in [0.1, 0.15) is 24.8 Å². The third kappa shape index (κ3) is 9.82. The van der Waals surface area contributed by atoms with Crippen molar-refractivity contribution in [2.45, 2.75) is 71.1 Å². The molecule has 0 radical (unpaired) electrons. The molecule has 13 heteroatoms. The predicted octanol–water partition coefficient (Wildman–Crippen LogP) is 4.98. The van der Waals surface area contributed by atoms with Crippen molar-refractivity contribution in [3.05, 3.63) is 40.8 Å². The molecule has 270 valence electrons. The van der Waals surface area contributed by atoms with Crippen LogP contribution in [0.1, 0.15) is 64.3 Å². The van der Waals surface area contributed by atoms with Crippen LogP contribution in [-0.2, 0) is 35.5 Å². The zero-order chi connectivity index (χ0) is 35.1. The van der Waals surface area contributed by atoms with E-state index in [4.69, 9.17) is 46.4 Å². The number of aliphatic hydroxyl groups excluding tert-OH is 1. The fraction of sp³-hybridized carbons (Fsp3) is 0.639. The van der Waals surface area contributed by atoms with Crippen molar-refractivity contribution in [2.75, 3.05) is 84.1 Å². The molecule has 2 aliphatic heterocycles. The van der Waals surface area contributed by atoms with Gasteiger partial charge in [0, 0.05) is 18.5 Å². The molecule has 1 N–H and O–H groups in total. The monoisotopic (exact) mass is 701 g/mol. The summed E-state index contributed by atoms with van der Waals surface area (Å²) in [6.45, 7) is 13.9. The van der Waals surface area contributed by atoms with Crippen LogP contribution in [0, 0.1) is 12.3 Å². The average Bonchev–Trinajstić information content (AvgIpc) is 3.86. The van der Waals surface area contributed by atoms with Crippen molar-refractivity contribution in [2.24, 2.45) is 0 Å². The molecule has 2 fully saturated rings. The summed E-state index contributed by atoms with van der Waals surface area (Å²) in [5.41, 5.74) is 3.41. The van der Waals surface area contributed by atoms with E-state index in [0.29, 0.717) is 65.1 Å². The maximum absolute atomic E-state index is 9.48. The Labute approximate surface area is 295 Å². The first-order valence-electron chi connectivity index (χ1n) is 17.5. The Hall–Kier alpha value is -3.02. The van der Waals surface area contributed by atoms with E-state index in [2.05, 4.69) is 38.0 Å². The number of benzene rings is 1. The minimum Gasteiger partial charge on any atom is -0.491 e. The van der Waals surface area contributed by atoms with Gasteiger partial charge >= 0.3 is 0 Å². The molecule has 2 unspecified atom stereocenters. The van der Waals surface area contributed by atoms with Crippen LogP contribution < -0.4 is 9.64 Å². The van der Waals surface area contributed by atoms with E-state index in [1.807, 2.05) is 33.8 Å². The molecule has 2 atom stereocenters. The summed E-state index contributed by atoms with van der Waals surface area (Å²) in [4.78, 5) is 11.3. The molecule has 49 heavy (non-hydrogen) atoms. The number of hydrogen-bond donors (Lipinski definition) is 1. The van der Waals surface area contributed by atoms with E-state index >= 15 is 0 Å². The maximum Gasteiger partial charge on any atom is 0.226 e. The number of nitrogens with zero attached hydrogens (tertiary/aromatic N) is 5. The summed E-state index contributed by atoms with van der Waals surface area (Å²) in [5, 5.41) is 15.1. The summed E-state index contributed by atoms with van der Waals surface area (Å²) >= 11 is 6.41. The van der Waals surface area contributed by atoms with Crippen molar-refractivity contribution >= 4 is 28.5 Å². The minimum absolute atomic E-state index is 0.00623. The normalized spacial score (nSPS) is 18.7. The first kappa shape index (κ1) is 38.8. The Bertz CT molecular complexity index is 1480. The lowest BCUT2D eigenvalue weighted by Crippen LogP contribution is -2.58. The highest BCUT2D eigenvalue weighted by molar-refractivity contribution is 6.28. The largest absolute Gasteiger partial charge is 0.491 e. The number of anilines is 1. The molecule has 0 amide bonds. The Morgan fingerprint density at radius 2 is 1.63 bits per heavy atom. The number of aliphatic hydroxyl groups is 1. The predicted molar refractivity (Wildman–Crippen MR) is 190 cm³/mol. The van der Waals surface area contributed by atoms with Gasteiger partial charge in [0.15, 0.2) is 11.9 Å². The van der Waals surface area contributed by atoms with Crippen molar-refractivity contribution in [1.29, 1.82) is 0 Å². The van der Waals surface area contributed by atoms with Crippen molar-refractivity contribution in [3.63, 3.8) is 0 Å². The highest BCUT2D eigenvalue weighted by Crippen LogP contribution is 2.48. The molecular formula is C36H52ClN5O7. The third-order valence-corrected chi connectivity index (χ3v) is 8.75. The molecule has 0 bridgehead atoms. The lowest BCUT2D eigenvalue weighted by Gasteiger charge is -2.49. The van der Waals surface area contributed by atoms with Gasteiger partial charge in [-0.3, -0.25) is 0 Å². The Kier molecular flexibility index (Phi) is 15.8. The smallest absolute Gasteiger partial charge is 0.226 e. The van der Waals surface area contributed by atoms with Crippen LogP contribution in [0.15, 0.2) is 24.4 Å². The van der Waals surface area contributed by atoms with Crippen LogP contribution in [0.3, 0.4) is 0 Å². The Morgan fingerprint density at radius 1 is 0.959 bits per heavy atom. The van der Waals surface area contributed by atoms with Gasteiger partial charge in [0.2, 0.25) is 5.28 Å². The fourth-order valence-corrected chi connectivity index (χ4v) is 6.54. The highest BCUT2D eigenvalue weighted by Gasteiger charge is 2.49. The van der Waals surface area contributed by atoms with Crippen LogP contribution >= 0.6 is 11.6 Å². The second-order valence-electron chi connectivity index (χ2n) is 11.5. The molecule has 6 rings (SSSR count). The molecule has 2 saturated heterocycles. The van der Waals surface area contributed by atoms with Gasteiger partial charge in [0.25, 0.3) is 0 Å². The van der Waals surface area contributed by atoms with Gasteiger partial charge in [-0.2, -0.15) is 15.1 Å². The minimum atomic E-state index is -0.276. The van der Waals surface area contributed by atoms with Crippen LogP contribution in [0.4, 0.5) is 5.82 Å². The second-order valence-corrected chi connectivity index (χ2v) is 11.9. The SMILES string of the molecule is C#CCOCCOCCOCCOCCOc1ccc2c(c1)C1(CC2)CN(c2nc(Cl)nc3c2cnn3C2CCC(CO)O2)C1.CC.CC. The van der Waals surface area contributed by atoms with E-state index in [-0.39, 0.29) is 29.6 Å². The number of halogens is 1. The first-order valence-corrected chi connectivity index (χ1v) is 17.9. The van der Waals surface area contributed by atoms with Crippen LogP contribution in [-0.4, -0.2) is 110 Å². The fourth-order valence-electron chi connectivity index (χ4n) is 6.38. The van der Waals surface area contributed by atoms with E-state index in [9.17, 15) is 5.11 Å². The Balaban J connectivity index is 0.00000130. The summed E-state index contributed by atoms with van der Waals surface area (Å²) in [6.07, 6.45) is 10.1. The Morgan fingerprint density at radius 3 is 2.29 bits per heavy atom. The molecule has 12 nitrogen and oxygen atoms in total.